The van der Waals surface area contributed by atoms with Crippen LogP contribution < -0.4 is 10.6 Å². The minimum Gasteiger partial charge on any atom is -0.444 e. The maximum atomic E-state index is 12.2. The quantitative estimate of drug-likeness (QED) is 0.285. The molecule has 8 heteroatoms. The fourth-order valence-corrected chi connectivity index (χ4v) is 2.45. The number of nitrogens with zero attached hydrogens (tertiary/aromatic N) is 1. The monoisotopic (exact) mass is 431 g/mol. The summed E-state index contributed by atoms with van der Waals surface area (Å²) in [5.74, 6) is 3.05. The van der Waals surface area contributed by atoms with Gasteiger partial charge in [0.25, 0.3) is 0 Å². The average Bonchev–Trinajstić information content (AvgIpc) is 2.49. The fraction of sp³-hybridized carbons (Fsp3) is 0.500. The first-order valence-electron chi connectivity index (χ1n) is 9.75. The van der Waals surface area contributed by atoms with E-state index in [1.54, 1.807) is 53.7 Å². The van der Waals surface area contributed by atoms with Crippen LogP contribution >= 0.6 is 0 Å². The van der Waals surface area contributed by atoms with E-state index in [-0.39, 0.29) is 5.96 Å². The maximum Gasteiger partial charge on any atom is 0.414 e. The number of nitrogens with one attached hydrogen (secondary N) is 2. The van der Waals surface area contributed by atoms with Crippen LogP contribution in [0.1, 0.15) is 47.1 Å². The Labute approximate surface area is 180 Å². The first-order chi connectivity index (χ1) is 13.5. The van der Waals surface area contributed by atoms with Crippen molar-refractivity contribution in [1.29, 1.82) is 0 Å². The minimum atomic E-state index is -1.60. The normalized spacial score (nSPS) is 11.5. The number of amides is 2. The zero-order valence-electron chi connectivity index (χ0n) is 19.4. The van der Waals surface area contributed by atoms with Crippen molar-refractivity contribution in [2.24, 2.45) is 4.99 Å². The molecule has 0 fully saturated rings. The van der Waals surface area contributed by atoms with Crippen LogP contribution in [0.5, 0.6) is 0 Å². The Hall–Kier alpha value is -2.79. The molecule has 0 atom stereocenters. The zero-order valence-corrected chi connectivity index (χ0v) is 20.4. The molecule has 0 aliphatic rings. The lowest BCUT2D eigenvalue weighted by molar-refractivity contribution is 0.0545. The van der Waals surface area contributed by atoms with Gasteiger partial charge in [-0.25, -0.2) is 14.6 Å². The number of carbonyl (C=O) groups excluding carboxylic acids is 2. The summed E-state index contributed by atoms with van der Waals surface area (Å²) >= 11 is 0. The van der Waals surface area contributed by atoms with Crippen LogP contribution in [-0.2, 0) is 9.47 Å². The molecule has 0 saturated carbocycles. The molecule has 0 bridgehead atoms. The molecule has 0 unspecified atom stereocenters. The molecule has 0 heterocycles. The van der Waals surface area contributed by atoms with Crippen LogP contribution in [0.2, 0.25) is 19.6 Å². The van der Waals surface area contributed by atoms with Crippen molar-refractivity contribution < 1.29 is 19.1 Å². The molecule has 164 valence electrons. The number of benzene rings is 1. The Kier molecular flexibility index (Phi) is 8.25. The third-order valence-corrected chi connectivity index (χ3v) is 3.82. The number of guanidine groups is 1. The van der Waals surface area contributed by atoms with Crippen LogP contribution in [0.4, 0.5) is 15.3 Å². The van der Waals surface area contributed by atoms with Gasteiger partial charge in [-0.15, -0.1) is 5.54 Å². The molecule has 0 aromatic heterocycles. The Morgan fingerprint density at radius 3 is 1.80 bits per heavy atom. The predicted octanol–water partition coefficient (Wildman–Crippen LogP) is 4.95. The number of ether oxygens (including phenoxy) is 2. The number of rotatable bonds is 1. The van der Waals surface area contributed by atoms with Crippen molar-refractivity contribution >= 4 is 31.9 Å². The number of para-hydroxylation sites is 1. The summed E-state index contributed by atoms with van der Waals surface area (Å²) in [5, 5.41) is 4.95. The highest BCUT2D eigenvalue weighted by Crippen LogP contribution is 2.18. The summed E-state index contributed by atoms with van der Waals surface area (Å²) < 4.78 is 10.5. The van der Waals surface area contributed by atoms with Crippen molar-refractivity contribution in [3.8, 4) is 11.5 Å². The first kappa shape index (κ1) is 25.2. The van der Waals surface area contributed by atoms with Crippen molar-refractivity contribution in [1.82, 2.24) is 10.6 Å². The largest absolute Gasteiger partial charge is 0.444 e. The molecule has 0 saturated heterocycles. The van der Waals surface area contributed by atoms with E-state index >= 15 is 0 Å². The van der Waals surface area contributed by atoms with Gasteiger partial charge in [-0.1, -0.05) is 37.7 Å². The third-order valence-electron chi connectivity index (χ3n) is 2.95. The van der Waals surface area contributed by atoms with Gasteiger partial charge in [0.1, 0.15) is 19.3 Å². The van der Waals surface area contributed by atoms with E-state index in [9.17, 15) is 9.59 Å². The summed E-state index contributed by atoms with van der Waals surface area (Å²) in [6.07, 6.45) is -1.49. The highest BCUT2D eigenvalue weighted by atomic mass is 28.3. The van der Waals surface area contributed by atoms with Gasteiger partial charge in [-0.2, -0.15) is 0 Å². The number of carbonyl (C=O) groups is 2. The van der Waals surface area contributed by atoms with Gasteiger partial charge in [0, 0.05) is 5.56 Å². The standard InChI is InChI=1S/C22H33N3O4Si/c1-21(2,3)28-19(26)24-18(25-20(27)29-22(4,5)6)23-17-13-11-10-12-16(17)14-15-30(7,8)9/h10-13H,1-9H3,(H2,23,24,25,26,27). The second-order valence-corrected chi connectivity index (χ2v) is 14.5. The Morgan fingerprint density at radius 1 is 0.900 bits per heavy atom. The van der Waals surface area contributed by atoms with Crippen molar-refractivity contribution in [2.45, 2.75) is 72.4 Å². The number of aliphatic imine (C=N–C) groups is 1. The van der Waals surface area contributed by atoms with E-state index in [1.165, 1.54) is 0 Å². The predicted molar refractivity (Wildman–Crippen MR) is 123 cm³/mol. The van der Waals surface area contributed by atoms with E-state index in [0.29, 0.717) is 11.3 Å². The van der Waals surface area contributed by atoms with Crippen molar-refractivity contribution in [3.63, 3.8) is 0 Å². The summed E-state index contributed by atoms with van der Waals surface area (Å²) in [7, 11) is -1.60. The van der Waals surface area contributed by atoms with Crippen LogP contribution in [-0.4, -0.2) is 37.4 Å². The average molecular weight is 432 g/mol. The molecule has 2 N–H and O–H groups in total. The Morgan fingerprint density at radius 2 is 1.37 bits per heavy atom. The minimum absolute atomic E-state index is 0.110. The molecule has 1 rings (SSSR count). The lowest BCUT2D eigenvalue weighted by Gasteiger charge is -2.22. The van der Waals surface area contributed by atoms with Gasteiger partial charge in [0.05, 0.1) is 5.69 Å². The van der Waals surface area contributed by atoms with Gasteiger partial charge in [0.2, 0.25) is 5.96 Å². The van der Waals surface area contributed by atoms with Crippen LogP contribution in [0.3, 0.4) is 0 Å². The molecular formula is C22H33N3O4Si. The van der Waals surface area contributed by atoms with E-state index in [0.717, 1.165) is 0 Å². The molecule has 0 radical (unpaired) electrons. The van der Waals surface area contributed by atoms with E-state index in [2.05, 4.69) is 46.7 Å². The van der Waals surface area contributed by atoms with Gasteiger partial charge in [-0.3, -0.25) is 10.6 Å². The van der Waals surface area contributed by atoms with Gasteiger partial charge >= 0.3 is 12.2 Å². The number of alkyl carbamates (subject to hydrolysis) is 2. The molecular weight excluding hydrogens is 398 g/mol. The second kappa shape index (κ2) is 9.81. The van der Waals surface area contributed by atoms with Crippen LogP contribution in [0.15, 0.2) is 29.3 Å². The number of hydrogen-bond acceptors (Lipinski definition) is 5. The van der Waals surface area contributed by atoms with Crippen molar-refractivity contribution in [2.75, 3.05) is 0 Å². The van der Waals surface area contributed by atoms with Gasteiger partial charge < -0.3 is 9.47 Å². The highest BCUT2D eigenvalue weighted by Gasteiger charge is 2.21. The molecule has 0 spiro atoms. The first-order valence-corrected chi connectivity index (χ1v) is 13.2. The van der Waals surface area contributed by atoms with Crippen LogP contribution in [0, 0.1) is 11.5 Å². The van der Waals surface area contributed by atoms with Gasteiger partial charge in [-0.05, 0) is 53.7 Å². The molecule has 7 nitrogen and oxygen atoms in total. The van der Waals surface area contributed by atoms with Gasteiger partial charge in [0.15, 0.2) is 0 Å². The van der Waals surface area contributed by atoms with E-state index < -0.39 is 31.5 Å². The summed E-state index contributed by atoms with van der Waals surface area (Å²) in [5.41, 5.74) is 3.07. The summed E-state index contributed by atoms with van der Waals surface area (Å²) in [6, 6.07) is 7.25. The zero-order chi connectivity index (χ0) is 23.2. The Bertz CT molecular complexity index is 831. The van der Waals surface area contributed by atoms with Crippen molar-refractivity contribution in [3.05, 3.63) is 29.8 Å². The summed E-state index contributed by atoms with van der Waals surface area (Å²) in [4.78, 5) is 28.9. The molecule has 2 amide bonds. The summed E-state index contributed by atoms with van der Waals surface area (Å²) in [6.45, 7) is 16.9. The smallest absolute Gasteiger partial charge is 0.414 e. The Balaban J connectivity index is 3.26. The molecule has 30 heavy (non-hydrogen) atoms. The topological polar surface area (TPSA) is 89.0 Å². The molecule has 1 aromatic carbocycles. The number of hydrogen-bond donors (Lipinski definition) is 2. The molecule has 1 aromatic rings. The van der Waals surface area contributed by atoms with E-state index in [4.69, 9.17) is 9.47 Å². The van der Waals surface area contributed by atoms with Crippen LogP contribution in [0.25, 0.3) is 0 Å². The SMILES string of the molecule is CC(C)(C)OC(=O)NC(=Nc1ccccc1C#C[Si](C)(C)C)NC(=O)OC(C)(C)C. The lowest BCUT2D eigenvalue weighted by Crippen LogP contribution is -2.47. The maximum absolute atomic E-state index is 12.2. The van der Waals surface area contributed by atoms with E-state index in [1.807, 2.05) is 12.1 Å². The molecule has 0 aliphatic carbocycles. The molecule has 0 aliphatic heterocycles. The lowest BCUT2D eigenvalue weighted by atomic mass is 10.2. The fourth-order valence-electron chi connectivity index (χ4n) is 1.94. The highest BCUT2D eigenvalue weighted by molar-refractivity contribution is 6.83. The third kappa shape index (κ3) is 11.3. The second-order valence-electron chi connectivity index (χ2n) is 9.73.